The molecule has 0 unspecified atom stereocenters. The number of pyridine rings is 1. The maximum Gasteiger partial charge on any atom is 0.219 e. The van der Waals surface area contributed by atoms with Gasteiger partial charge in [0.25, 0.3) is 0 Å². The van der Waals surface area contributed by atoms with Gasteiger partial charge in [0, 0.05) is 24.2 Å². The van der Waals surface area contributed by atoms with E-state index >= 15 is 0 Å². The summed E-state index contributed by atoms with van der Waals surface area (Å²) in [6, 6.07) is 6.39. The minimum absolute atomic E-state index is 0.0781. The van der Waals surface area contributed by atoms with Gasteiger partial charge in [-0.05, 0) is 23.8 Å². The average Bonchev–Trinajstić information content (AvgIpc) is 2.33. The monoisotopic (exact) mass is 255 g/mol. The topological polar surface area (TPSA) is 22.1 Å². The molecule has 0 saturated carbocycles. The molecule has 1 aromatic heterocycles. The summed E-state index contributed by atoms with van der Waals surface area (Å²) in [6.45, 7) is 0. The quantitative estimate of drug-likeness (QED) is 0.776. The van der Waals surface area contributed by atoms with Crippen LogP contribution in [-0.4, -0.2) is 4.98 Å². The fraction of sp³-hybridized carbons (Fsp3) is 0.0833. The zero-order valence-corrected chi connectivity index (χ0v) is 9.42. The van der Waals surface area contributed by atoms with Crippen LogP contribution in [0.25, 0.3) is 0 Å². The van der Waals surface area contributed by atoms with E-state index in [1.165, 1.54) is 12.3 Å². The van der Waals surface area contributed by atoms with Crippen molar-refractivity contribution in [3.05, 3.63) is 53.7 Å². The Morgan fingerprint density at radius 2 is 2.00 bits per heavy atom. The number of hydrogen-bond donors (Lipinski definition) is 0. The van der Waals surface area contributed by atoms with Gasteiger partial charge in [-0.3, -0.25) is 0 Å². The molecule has 0 fully saturated rings. The van der Waals surface area contributed by atoms with Gasteiger partial charge in [0.1, 0.15) is 5.82 Å². The number of ether oxygens (including phenoxy) is 1. The number of alkyl halides is 1. The first-order chi connectivity index (χ1) is 8.19. The summed E-state index contributed by atoms with van der Waals surface area (Å²) >= 11 is 5.65. The summed E-state index contributed by atoms with van der Waals surface area (Å²) in [5.74, 6) is -0.982. The van der Waals surface area contributed by atoms with Crippen molar-refractivity contribution in [2.75, 3.05) is 0 Å². The molecule has 17 heavy (non-hydrogen) atoms. The first kappa shape index (κ1) is 11.8. The lowest BCUT2D eigenvalue weighted by molar-refractivity contribution is 0.423. The Hall–Kier alpha value is -1.68. The normalized spacial score (nSPS) is 10.3. The van der Waals surface area contributed by atoms with Crippen molar-refractivity contribution < 1.29 is 13.5 Å². The van der Waals surface area contributed by atoms with Gasteiger partial charge in [-0.1, -0.05) is 0 Å². The number of nitrogens with zero attached hydrogens (tertiary/aromatic N) is 1. The summed E-state index contributed by atoms with van der Waals surface area (Å²) in [4.78, 5) is 3.90. The van der Waals surface area contributed by atoms with Crippen molar-refractivity contribution in [2.45, 2.75) is 5.88 Å². The summed E-state index contributed by atoms with van der Waals surface area (Å²) in [7, 11) is 0. The van der Waals surface area contributed by atoms with Crippen LogP contribution in [0.1, 0.15) is 5.56 Å². The lowest BCUT2D eigenvalue weighted by Crippen LogP contribution is -1.92. The SMILES string of the molecule is Fc1ccc(Oc2cc(CCl)ccn2)c(F)c1. The molecule has 0 aliphatic heterocycles. The van der Waals surface area contributed by atoms with Crippen LogP contribution in [0.3, 0.4) is 0 Å². The Morgan fingerprint density at radius 3 is 2.71 bits per heavy atom. The summed E-state index contributed by atoms with van der Waals surface area (Å²) in [6.07, 6.45) is 1.51. The van der Waals surface area contributed by atoms with Crippen molar-refractivity contribution in [3.63, 3.8) is 0 Å². The minimum Gasteiger partial charge on any atom is -0.436 e. The minimum atomic E-state index is -0.775. The molecule has 0 spiro atoms. The van der Waals surface area contributed by atoms with Crippen LogP contribution in [-0.2, 0) is 5.88 Å². The smallest absolute Gasteiger partial charge is 0.219 e. The van der Waals surface area contributed by atoms with Crippen LogP contribution in [0.4, 0.5) is 8.78 Å². The van der Waals surface area contributed by atoms with Gasteiger partial charge in [-0.25, -0.2) is 13.8 Å². The number of aromatic nitrogens is 1. The summed E-state index contributed by atoms with van der Waals surface area (Å²) < 4.78 is 31.2. The second-order valence-corrected chi connectivity index (χ2v) is 3.58. The second-order valence-electron chi connectivity index (χ2n) is 3.31. The predicted molar refractivity (Wildman–Crippen MR) is 60.2 cm³/mol. The molecule has 2 nitrogen and oxygen atoms in total. The van der Waals surface area contributed by atoms with Crippen LogP contribution >= 0.6 is 11.6 Å². The molecule has 0 aliphatic rings. The number of hydrogen-bond acceptors (Lipinski definition) is 2. The molecule has 0 saturated heterocycles. The van der Waals surface area contributed by atoms with Crippen molar-refractivity contribution in [1.82, 2.24) is 4.98 Å². The molecule has 0 N–H and O–H groups in total. The molecule has 0 amide bonds. The third-order valence-corrected chi connectivity index (χ3v) is 2.37. The molecular weight excluding hydrogens is 248 g/mol. The fourth-order valence-electron chi connectivity index (χ4n) is 1.26. The summed E-state index contributed by atoms with van der Waals surface area (Å²) in [5, 5.41) is 0. The Morgan fingerprint density at radius 1 is 1.18 bits per heavy atom. The van der Waals surface area contributed by atoms with Crippen LogP contribution < -0.4 is 4.74 Å². The molecule has 2 rings (SSSR count). The van der Waals surface area contributed by atoms with E-state index < -0.39 is 11.6 Å². The van der Waals surface area contributed by atoms with Gasteiger partial charge >= 0.3 is 0 Å². The van der Waals surface area contributed by atoms with Crippen LogP contribution in [0.2, 0.25) is 0 Å². The zero-order chi connectivity index (χ0) is 12.3. The maximum absolute atomic E-state index is 13.3. The maximum atomic E-state index is 13.3. The van der Waals surface area contributed by atoms with Gasteiger partial charge < -0.3 is 4.74 Å². The largest absolute Gasteiger partial charge is 0.436 e. The van der Waals surface area contributed by atoms with Gasteiger partial charge in [0.2, 0.25) is 5.88 Å². The number of rotatable bonds is 3. The molecule has 5 heteroatoms. The highest BCUT2D eigenvalue weighted by Gasteiger charge is 2.07. The number of benzene rings is 1. The molecule has 1 heterocycles. The van der Waals surface area contributed by atoms with E-state index in [1.54, 1.807) is 12.1 Å². The van der Waals surface area contributed by atoms with Crippen molar-refractivity contribution in [1.29, 1.82) is 0 Å². The second kappa shape index (κ2) is 5.10. The average molecular weight is 256 g/mol. The predicted octanol–water partition coefficient (Wildman–Crippen LogP) is 3.89. The standard InChI is InChI=1S/C12H8ClF2NO/c13-7-8-3-4-16-12(5-8)17-11-2-1-9(14)6-10(11)15/h1-6H,7H2. The Bertz CT molecular complexity index is 534. The van der Waals surface area contributed by atoms with Gasteiger partial charge in [-0.2, -0.15) is 0 Å². The van der Waals surface area contributed by atoms with Crippen molar-refractivity contribution in [3.8, 4) is 11.6 Å². The zero-order valence-electron chi connectivity index (χ0n) is 8.66. The third-order valence-electron chi connectivity index (χ3n) is 2.06. The van der Waals surface area contributed by atoms with E-state index in [0.717, 1.165) is 17.7 Å². The molecule has 2 aromatic rings. The molecule has 0 aliphatic carbocycles. The third kappa shape index (κ3) is 2.91. The lowest BCUT2D eigenvalue weighted by atomic mass is 10.3. The molecular formula is C12H8ClF2NO. The van der Waals surface area contributed by atoms with Gasteiger partial charge in [0.05, 0.1) is 0 Å². The molecule has 0 radical (unpaired) electrons. The van der Waals surface area contributed by atoms with E-state index in [4.69, 9.17) is 16.3 Å². The Kier molecular flexibility index (Phi) is 3.54. The molecule has 0 bridgehead atoms. The van der Waals surface area contributed by atoms with E-state index in [9.17, 15) is 8.78 Å². The Balaban J connectivity index is 2.25. The first-order valence-corrected chi connectivity index (χ1v) is 5.36. The highest BCUT2D eigenvalue weighted by Crippen LogP contribution is 2.24. The van der Waals surface area contributed by atoms with E-state index in [0.29, 0.717) is 5.88 Å². The molecule has 88 valence electrons. The molecule has 0 atom stereocenters. The van der Waals surface area contributed by atoms with Crippen LogP contribution in [0, 0.1) is 11.6 Å². The highest BCUT2D eigenvalue weighted by atomic mass is 35.5. The molecule has 1 aromatic carbocycles. The highest BCUT2D eigenvalue weighted by molar-refractivity contribution is 6.17. The van der Waals surface area contributed by atoms with Gasteiger partial charge in [0.15, 0.2) is 11.6 Å². The Labute approximate surface area is 102 Å². The van der Waals surface area contributed by atoms with E-state index in [1.807, 2.05) is 0 Å². The van der Waals surface area contributed by atoms with Gasteiger partial charge in [-0.15, -0.1) is 11.6 Å². The van der Waals surface area contributed by atoms with E-state index in [-0.39, 0.29) is 11.6 Å². The fourth-order valence-corrected chi connectivity index (χ4v) is 1.43. The lowest BCUT2D eigenvalue weighted by Gasteiger charge is -2.06. The van der Waals surface area contributed by atoms with Crippen molar-refractivity contribution >= 4 is 11.6 Å². The van der Waals surface area contributed by atoms with Crippen LogP contribution in [0.15, 0.2) is 36.5 Å². The summed E-state index contributed by atoms with van der Waals surface area (Å²) in [5.41, 5.74) is 0.805. The van der Waals surface area contributed by atoms with Crippen LogP contribution in [0.5, 0.6) is 11.6 Å². The first-order valence-electron chi connectivity index (χ1n) is 4.83. The van der Waals surface area contributed by atoms with E-state index in [2.05, 4.69) is 4.98 Å². The number of halogens is 3. The van der Waals surface area contributed by atoms with Crippen molar-refractivity contribution in [2.24, 2.45) is 0 Å².